The molecule has 0 bridgehead atoms. The van der Waals surface area contributed by atoms with Crippen LogP contribution in [0.2, 0.25) is 0 Å². The van der Waals surface area contributed by atoms with E-state index in [4.69, 9.17) is 6.58 Å². The molecular formula is C75H78. The fourth-order valence-corrected chi connectivity index (χ4v) is 9.65. The van der Waals surface area contributed by atoms with Crippen LogP contribution in [0.5, 0.6) is 0 Å². The molecule has 0 saturated heterocycles. The first-order valence-corrected chi connectivity index (χ1v) is 27.2. The van der Waals surface area contributed by atoms with E-state index >= 15 is 0 Å². The highest BCUT2D eigenvalue weighted by Crippen LogP contribution is 2.44. The van der Waals surface area contributed by atoms with Gasteiger partial charge in [-0.15, -0.1) is 0 Å². The second-order valence-corrected chi connectivity index (χ2v) is 20.2. The Labute approximate surface area is 451 Å². The SMILES string of the molecule is C=C\C=C/C(=C(C)/C(C)=C/C=C(\C=C(\C)CC)c1c2ccc(-c3ccccc3)cc2c(C(/C=C\C(=C)C(C)/C=C\C=C(\c2ccccc2)C(C)CC)=C/C(C)CC)c2cc(-c3ccccc3)ccc12)c1ccccc1. The predicted octanol–water partition coefficient (Wildman–Crippen LogP) is 22.1. The Kier molecular flexibility index (Phi) is 19.7. The van der Waals surface area contributed by atoms with Crippen molar-refractivity contribution in [3.05, 3.63) is 288 Å². The molecule has 0 amide bonds. The normalized spacial score (nSPS) is 14.8. The van der Waals surface area contributed by atoms with Crippen molar-refractivity contribution < 1.29 is 0 Å². The van der Waals surface area contributed by atoms with Crippen LogP contribution in [0, 0.1) is 17.8 Å². The summed E-state index contributed by atoms with van der Waals surface area (Å²) in [5.41, 5.74) is 19.4. The van der Waals surface area contributed by atoms with Crippen LogP contribution in [0.3, 0.4) is 0 Å². The van der Waals surface area contributed by atoms with Crippen molar-refractivity contribution in [2.24, 2.45) is 17.8 Å². The van der Waals surface area contributed by atoms with Crippen molar-refractivity contribution in [2.45, 2.75) is 81.6 Å². The third-order valence-electron chi connectivity index (χ3n) is 15.0. The summed E-state index contributed by atoms with van der Waals surface area (Å²) in [6, 6.07) is 57.4. The molecule has 0 spiro atoms. The third-order valence-corrected chi connectivity index (χ3v) is 15.0. The largest absolute Gasteiger partial charge is 0.0991 e. The zero-order chi connectivity index (χ0) is 53.3. The second kappa shape index (κ2) is 26.9. The topological polar surface area (TPSA) is 0 Å². The summed E-state index contributed by atoms with van der Waals surface area (Å²) in [5, 5.41) is 4.87. The second-order valence-electron chi connectivity index (χ2n) is 20.2. The van der Waals surface area contributed by atoms with Gasteiger partial charge in [-0.05, 0) is 169 Å². The molecule has 0 aromatic heterocycles. The number of hydrogen-bond donors (Lipinski definition) is 0. The molecule has 0 nitrogen and oxygen atoms in total. The van der Waals surface area contributed by atoms with Crippen LogP contribution in [-0.2, 0) is 0 Å². The van der Waals surface area contributed by atoms with E-state index in [1.165, 1.54) is 105 Å². The highest BCUT2D eigenvalue weighted by molar-refractivity contribution is 6.19. The number of hydrogen-bond acceptors (Lipinski definition) is 0. The zero-order valence-corrected chi connectivity index (χ0v) is 46.2. The van der Waals surface area contributed by atoms with Crippen molar-refractivity contribution in [3.8, 4) is 22.3 Å². The van der Waals surface area contributed by atoms with Crippen molar-refractivity contribution in [1.82, 2.24) is 0 Å². The van der Waals surface area contributed by atoms with Gasteiger partial charge in [0, 0.05) is 0 Å². The van der Waals surface area contributed by atoms with E-state index in [1.807, 2.05) is 12.2 Å². The average Bonchev–Trinajstić information content (AvgIpc) is 3.46. The molecule has 3 unspecified atom stereocenters. The Morgan fingerprint density at radius 2 is 1.05 bits per heavy atom. The van der Waals surface area contributed by atoms with Crippen LogP contribution in [0.25, 0.3) is 66.1 Å². The number of rotatable bonds is 21. The molecule has 0 heteroatoms. The van der Waals surface area contributed by atoms with Crippen LogP contribution in [0.1, 0.15) is 104 Å². The van der Waals surface area contributed by atoms with Gasteiger partial charge in [-0.25, -0.2) is 0 Å². The molecule has 0 heterocycles. The van der Waals surface area contributed by atoms with Crippen LogP contribution in [0.15, 0.2) is 266 Å². The lowest BCUT2D eigenvalue weighted by Crippen LogP contribution is -1.99. The first-order valence-electron chi connectivity index (χ1n) is 27.2. The van der Waals surface area contributed by atoms with E-state index in [0.29, 0.717) is 11.8 Å². The summed E-state index contributed by atoms with van der Waals surface area (Å²) in [6.07, 6.45) is 30.1. The van der Waals surface area contributed by atoms with Gasteiger partial charge in [-0.2, -0.15) is 0 Å². The van der Waals surface area contributed by atoms with Gasteiger partial charge in [0.05, 0.1) is 0 Å². The minimum Gasteiger partial charge on any atom is -0.0991 e. The molecule has 7 rings (SSSR count). The summed E-state index contributed by atoms with van der Waals surface area (Å²) < 4.78 is 0. The molecule has 0 aliphatic carbocycles. The molecule has 3 atom stereocenters. The van der Waals surface area contributed by atoms with E-state index in [-0.39, 0.29) is 5.92 Å². The monoisotopic (exact) mass is 979 g/mol. The molecule has 0 aliphatic heterocycles. The van der Waals surface area contributed by atoms with Crippen LogP contribution in [-0.4, -0.2) is 0 Å². The minimum absolute atomic E-state index is 0.125. The van der Waals surface area contributed by atoms with Crippen molar-refractivity contribution in [2.75, 3.05) is 0 Å². The first-order chi connectivity index (χ1) is 36.5. The van der Waals surface area contributed by atoms with Gasteiger partial charge < -0.3 is 0 Å². The van der Waals surface area contributed by atoms with Gasteiger partial charge in [-0.3, -0.25) is 0 Å². The van der Waals surface area contributed by atoms with Crippen molar-refractivity contribution in [1.29, 1.82) is 0 Å². The van der Waals surface area contributed by atoms with Gasteiger partial charge in [0.1, 0.15) is 0 Å². The molecule has 75 heavy (non-hydrogen) atoms. The van der Waals surface area contributed by atoms with E-state index in [2.05, 4.69) is 287 Å². The predicted molar refractivity (Wildman–Crippen MR) is 334 cm³/mol. The quantitative estimate of drug-likeness (QED) is 0.0497. The van der Waals surface area contributed by atoms with Crippen molar-refractivity contribution >= 4 is 43.8 Å². The Morgan fingerprint density at radius 3 is 1.57 bits per heavy atom. The first kappa shape index (κ1) is 55.0. The third kappa shape index (κ3) is 13.9. The smallest absolute Gasteiger partial charge is 0.00132 e. The standard InChI is InChI=1S/C75H78/c1-12-16-39-69(63-37-27-20-28-38-63)59(11)58(10)42-44-66(49-53(5)13-2)74-70-47-45-64(60-31-21-17-22-32-60)51-72(70)75(73-52-65(46-48-71(73)74)61-33-23-18-24-34-61)67(50-54(6)14-3)43-41-57(9)56(8)30-29-40-68(55(7)15-4)62-35-25-19-26-36-62/h12,16-52,54-56H,1,9,13-15H2,2-8,10-11H3/b30-29-,39-16-,43-41-,53-49-,58-42+,66-44+,67-50+,68-40+,69-59-. The van der Waals surface area contributed by atoms with Gasteiger partial charge in [-0.1, -0.05) is 285 Å². The average molecular weight is 979 g/mol. The maximum atomic E-state index is 4.70. The van der Waals surface area contributed by atoms with E-state index in [9.17, 15) is 0 Å². The fourth-order valence-electron chi connectivity index (χ4n) is 9.65. The fraction of sp³-hybridized carbons (Fsp3) is 0.200. The molecule has 0 saturated carbocycles. The lowest BCUT2D eigenvalue weighted by molar-refractivity contribution is 0.700. The summed E-state index contributed by atoms with van der Waals surface area (Å²) in [6.45, 7) is 29.1. The number of benzene rings is 7. The lowest BCUT2D eigenvalue weighted by atomic mass is 9.82. The van der Waals surface area contributed by atoms with Gasteiger partial charge in [0.15, 0.2) is 0 Å². The minimum atomic E-state index is 0.125. The summed E-state index contributed by atoms with van der Waals surface area (Å²) in [5.74, 6) is 0.904. The summed E-state index contributed by atoms with van der Waals surface area (Å²) in [4.78, 5) is 0. The van der Waals surface area contributed by atoms with Gasteiger partial charge in [0.2, 0.25) is 0 Å². The van der Waals surface area contributed by atoms with Crippen molar-refractivity contribution in [3.63, 3.8) is 0 Å². The molecule has 378 valence electrons. The van der Waals surface area contributed by atoms with Gasteiger partial charge in [0.25, 0.3) is 0 Å². The lowest BCUT2D eigenvalue weighted by Gasteiger charge is -2.21. The molecule has 0 aliphatic rings. The maximum absolute atomic E-state index is 4.70. The van der Waals surface area contributed by atoms with Crippen LogP contribution >= 0.6 is 0 Å². The molecule has 0 radical (unpaired) electrons. The van der Waals surface area contributed by atoms with Crippen LogP contribution in [0.4, 0.5) is 0 Å². The highest BCUT2D eigenvalue weighted by atomic mass is 14.2. The molecular weight excluding hydrogens is 901 g/mol. The van der Waals surface area contributed by atoms with E-state index in [1.54, 1.807) is 0 Å². The molecule has 7 aromatic carbocycles. The molecule has 0 fully saturated rings. The highest BCUT2D eigenvalue weighted by Gasteiger charge is 2.21. The molecule has 7 aromatic rings. The van der Waals surface area contributed by atoms with Crippen LogP contribution < -0.4 is 0 Å². The summed E-state index contributed by atoms with van der Waals surface area (Å²) in [7, 11) is 0. The maximum Gasteiger partial charge on any atom is -0.00132 e. The Morgan fingerprint density at radius 1 is 0.520 bits per heavy atom. The van der Waals surface area contributed by atoms with E-state index < -0.39 is 0 Å². The Hall–Kier alpha value is -7.80. The molecule has 0 N–H and O–H groups in total. The zero-order valence-electron chi connectivity index (χ0n) is 46.2. The van der Waals surface area contributed by atoms with Gasteiger partial charge >= 0.3 is 0 Å². The van der Waals surface area contributed by atoms with E-state index in [0.717, 1.165) is 24.8 Å². The number of allylic oxidation sites excluding steroid dienone is 20. The Balaban J connectivity index is 1.51. The summed E-state index contributed by atoms with van der Waals surface area (Å²) >= 11 is 0. The number of fused-ring (bicyclic) bond motifs is 2. The Bertz CT molecular complexity index is 3270.